The topological polar surface area (TPSA) is 67.8 Å². The molecule has 1 atom stereocenters. The van der Waals surface area contributed by atoms with Crippen LogP contribution in [0.2, 0.25) is 5.02 Å². The van der Waals surface area contributed by atoms with Crippen LogP contribution in [0, 0.1) is 0 Å². The number of hydrogen-bond acceptors (Lipinski definition) is 5. The Morgan fingerprint density at radius 3 is 2.67 bits per heavy atom. The standard InChI is InChI=1S/C12H6ClF3O5/c13-8-4-1-5(11(17)18)10(12(14,15)16)21-6(4)2-7-9(8)20-3-19-7/h1-2,10H,3H2,(H,17,18)/p-1. The lowest BCUT2D eigenvalue weighted by Gasteiger charge is -2.29. The van der Waals surface area contributed by atoms with Crippen LogP contribution < -0.4 is 19.3 Å². The van der Waals surface area contributed by atoms with Gasteiger partial charge in [-0.05, 0) is 6.08 Å². The average molecular weight is 322 g/mol. The molecule has 0 saturated heterocycles. The molecule has 21 heavy (non-hydrogen) atoms. The molecule has 2 aliphatic heterocycles. The van der Waals surface area contributed by atoms with Gasteiger partial charge in [-0.25, -0.2) is 0 Å². The van der Waals surface area contributed by atoms with E-state index in [1.807, 2.05) is 0 Å². The van der Waals surface area contributed by atoms with Crippen molar-refractivity contribution in [1.82, 2.24) is 0 Å². The lowest BCUT2D eigenvalue weighted by Crippen LogP contribution is -2.44. The van der Waals surface area contributed by atoms with E-state index in [0.29, 0.717) is 0 Å². The van der Waals surface area contributed by atoms with Crippen molar-refractivity contribution in [3.8, 4) is 17.2 Å². The van der Waals surface area contributed by atoms with Gasteiger partial charge >= 0.3 is 6.18 Å². The summed E-state index contributed by atoms with van der Waals surface area (Å²) in [6.45, 7) is -0.141. The average Bonchev–Trinajstić information content (AvgIpc) is 2.85. The summed E-state index contributed by atoms with van der Waals surface area (Å²) in [7, 11) is 0. The van der Waals surface area contributed by atoms with Crippen molar-refractivity contribution in [2.75, 3.05) is 6.79 Å². The summed E-state index contributed by atoms with van der Waals surface area (Å²) in [6, 6.07) is 1.17. The van der Waals surface area contributed by atoms with E-state index in [-0.39, 0.29) is 34.6 Å². The van der Waals surface area contributed by atoms with Crippen molar-refractivity contribution in [2.45, 2.75) is 12.3 Å². The van der Waals surface area contributed by atoms with Crippen molar-refractivity contribution < 1.29 is 37.3 Å². The molecule has 1 aromatic carbocycles. The molecule has 0 aliphatic carbocycles. The Balaban J connectivity index is 2.18. The smallest absolute Gasteiger partial charge is 0.429 e. The molecule has 0 radical (unpaired) electrons. The Labute approximate surface area is 120 Å². The van der Waals surface area contributed by atoms with E-state index in [4.69, 9.17) is 25.8 Å². The number of carboxylic acids is 1. The first-order chi connectivity index (χ1) is 9.79. The maximum absolute atomic E-state index is 12.9. The number of carbonyl (C=O) groups is 1. The molecule has 0 N–H and O–H groups in total. The molecule has 9 heteroatoms. The fourth-order valence-corrected chi connectivity index (χ4v) is 2.35. The van der Waals surface area contributed by atoms with Crippen LogP contribution in [0.25, 0.3) is 6.08 Å². The van der Waals surface area contributed by atoms with Crippen LogP contribution in [0.4, 0.5) is 13.2 Å². The van der Waals surface area contributed by atoms with E-state index in [0.717, 1.165) is 6.08 Å². The van der Waals surface area contributed by atoms with E-state index < -0.39 is 23.8 Å². The molecule has 0 bridgehead atoms. The van der Waals surface area contributed by atoms with Crippen molar-refractivity contribution in [1.29, 1.82) is 0 Å². The first kappa shape index (κ1) is 13.9. The molecule has 5 nitrogen and oxygen atoms in total. The van der Waals surface area contributed by atoms with Crippen LogP contribution >= 0.6 is 11.6 Å². The second-order valence-corrected chi connectivity index (χ2v) is 4.64. The van der Waals surface area contributed by atoms with Gasteiger partial charge in [0.15, 0.2) is 11.5 Å². The summed E-state index contributed by atoms with van der Waals surface area (Å²) < 4.78 is 53.4. The third-order valence-electron chi connectivity index (χ3n) is 2.97. The molecule has 0 aromatic heterocycles. The lowest BCUT2D eigenvalue weighted by atomic mass is 10.0. The van der Waals surface area contributed by atoms with Gasteiger partial charge < -0.3 is 24.1 Å². The molecular formula is C12H5ClF3O5-. The molecule has 0 saturated carbocycles. The minimum atomic E-state index is -4.91. The highest BCUT2D eigenvalue weighted by Gasteiger charge is 2.47. The number of ether oxygens (including phenoxy) is 3. The van der Waals surface area contributed by atoms with Crippen molar-refractivity contribution in [2.24, 2.45) is 0 Å². The Kier molecular flexibility index (Phi) is 2.94. The Morgan fingerprint density at radius 1 is 1.33 bits per heavy atom. The van der Waals surface area contributed by atoms with E-state index in [1.54, 1.807) is 0 Å². The molecule has 0 fully saturated rings. The van der Waals surface area contributed by atoms with E-state index >= 15 is 0 Å². The lowest BCUT2D eigenvalue weighted by molar-refractivity contribution is -0.302. The Bertz CT molecular complexity index is 668. The quantitative estimate of drug-likeness (QED) is 0.784. The van der Waals surface area contributed by atoms with E-state index in [1.165, 1.54) is 6.07 Å². The van der Waals surface area contributed by atoms with Crippen LogP contribution in [-0.2, 0) is 4.79 Å². The number of halogens is 4. The number of rotatable bonds is 1. The summed E-state index contributed by atoms with van der Waals surface area (Å²) in [5, 5.41) is 10.8. The first-order valence-electron chi connectivity index (χ1n) is 5.57. The molecular weight excluding hydrogens is 317 g/mol. The molecule has 2 aliphatic rings. The summed E-state index contributed by atoms with van der Waals surface area (Å²) in [5.74, 6) is -1.98. The molecule has 1 aromatic rings. The van der Waals surface area contributed by atoms with Crippen LogP contribution in [-0.4, -0.2) is 25.0 Å². The van der Waals surface area contributed by atoms with Gasteiger partial charge in [-0.2, -0.15) is 13.2 Å². The van der Waals surface area contributed by atoms with Gasteiger partial charge in [0.25, 0.3) is 0 Å². The summed E-state index contributed by atoms with van der Waals surface area (Å²) in [6.07, 6.45) is -6.77. The number of fused-ring (bicyclic) bond motifs is 2. The fraction of sp³-hybridized carbons (Fsp3) is 0.250. The third-order valence-corrected chi connectivity index (χ3v) is 3.34. The minimum Gasteiger partial charge on any atom is -0.545 e. The summed E-state index contributed by atoms with van der Waals surface area (Å²) >= 11 is 5.98. The van der Waals surface area contributed by atoms with Crippen molar-refractivity contribution in [3.63, 3.8) is 0 Å². The fourth-order valence-electron chi connectivity index (χ4n) is 2.06. The molecule has 3 rings (SSSR count). The highest BCUT2D eigenvalue weighted by molar-refractivity contribution is 6.34. The molecule has 112 valence electrons. The van der Waals surface area contributed by atoms with Gasteiger partial charge in [0, 0.05) is 17.2 Å². The number of hydrogen-bond donors (Lipinski definition) is 0. The summed E-state index contributed by atoms with van der Waals surface area (Å²) in [5.41, 5.74) is -1.09. The summed E-state index contributed by atoms with van der Waals surface area (Å²) in [4.78, 5) is 10.9. The molecule has 2 heterocycles. The van der Waals surface area contributed by atoms with Gasteiger partial charge in [0.05, 0.1) is 11.0 Å². The van der Waals surface area contributed by atoms with Gasteiger partial charge in [-0.1, -0.05) is 11.6 Å². The highest BCUT2D eigenvalue weighted by Crippen LogP contribution is 2.49. The monoisotopic (exact) mass is 321 g/mol. The Morgan fingerprint density at radius 2 is 2.05 bits per heavy atom. The van der Waals surface area contributed by atoms with Crippen molar-refractivity contribution in [3.05, 3.63) is 22.2 Å². The maximum atomic E-state index is 12.9. The zero-order valence-corrected chi connectivity index (χ0v) is 10.7. The van der Waals surface area contributed by atoms with E-state index in [9.17, 15) is 23.1 Å². The number of aliphatic carboxylic acids is 1. The Hall–Kier alpha value is -2.09. The van der Waals surface area contributed by atoms with Crippen LogP contribution in [0.1, 0.15) is 5.56 Å². The third kappa shape index (κ3) is 2.15. The zero-order valence-electron chi connectivity index (χ0n) is 9.99. The molecule has 1 unspecified atom stereocenters. The number of carboxylic acid groups (broad SMARTS) is 1. The minimum absolute atomic E-state index is 0.0272. The zero-order chi connectivity index (χ0) is 15.4. The van der Waals surface area contributed by atoms with Gasteiger partial charge in [-0.15, -0.1) is 0 Å². The second kappa shape index (κ2) is 4.45. The van der Waals surface area contributed by atoms with Gasteiger partial charge in [-0.3, -0.25) is 0 Å². The predicted octanol–water partition coefficient (Wildman–Crippen LogP) is 1.53. The van der Waals surface area contributed by atoms with Gasteiger partial charge in [0.2, 0.25) is 12.9 Å². The maximum Gasteiger partial charge on any atom is 0.429 e. The molecule has 0 amide bonds. The number of alkyl halides is 3. The van der Waals surface area contributed by atoms with Crippen LogP contribution in [0.15, 0.2) is 11.6 Å². The highest BCUT2D eigenvalue weighted by atomic mass is 35.5. The first-order valence-corrected chi connectivity index (χ1v) is 5.95. The van der Waals surface area contributed by atoms with Crippen molar-refractivity contribution >= 4 is 23.6 Å². The van der Waals surface area contributed by atoms with E-state index in [2.05, 4.69) is 0 Å². The molecule has 0 spiro atoms. The van der Waals surface area contributed by atoms with Crippen LogP contribution in [0.5, 0.6) is 17.2 Å². The predicted molar refractivity (Wildman–Crippen MR) is 61.0 cm³/mol. The number of carbonyl (C=O) groups excluding carboxylic acids is 1. The SMILES string of the molecule is O=C([O-])C1=Cc2c(cc3c(c2Cl)OCO3)OC1C(F)(F)F. The number of benzene rings is 1. The van der Waals surface area contributed by atoms with Gasteiger partial charge in [0.1, 0.15) is 5.75 Å². The van der Waals surface area contributed by atoms with Crippen LogP contribution in [0.3, 0.4) is 0 Å². The normalized spacial score (nSPS) is 19.6. The largest absolute Gasteiger partial charge is 0.545 e. The second-order valence-electron chi connectivity index (χ2n) is 4.26.